The van der Waals surface area contributed by atoms with E-state index < -0.39 is 0 Å². The molecule has 1 rings (SSSR count). The molecule has 0 spiro atoms. The molecule has 0 aliphatic rings. The Labute approximate surface area is 64.2 Å². The molecule has 0 aliphatic heterocycles. The molecule has 1 aromatic carbocycles. The van der Waals surface area contributed by atoms with Crippen molar-refractivity contribution in [3.63, 3.8) is 0 Å². The maximum absolute atomic E-state index is 7.03. The fourth-order valence-electron chi connectivity index (χ4n) is 0.483. The van der Waals surface area contributed by atoms with Gasteiger partial charge in [-0.15, -0.1) is 0 Å². The van der Waals surface area contributed by atoms with Gasteiger partial charge in [-0.2, -0.15) is 11.4 Å². The van der Waals surface area contributed by atoms with E-state index in [4.69, 9.17) is 11.5 Å². The maximum atomic E-state index is 7.03. The van der Waals surface area contributed by atoms with Crippen molar-refractivity contribution in [2.75, 3.05) is 0 Å². The van der Waals surface area contributed by atoms with Crippen molar-refractivity contribution in [3.05, 3.63) is 35.7 Å². The third kappa shape index (κ3) is 1.94. The quantitative estimate of drug-likeness (QED) is 0.530. The van der Waals surface area contributed by atoms with Crippen molar-refractivity contribution in [1.29, 1.82) is 0 Å². The summed E-state index contributed by atoms with van der Waals surface area (Å²) in [6.07, 6.45) is 0. The largest absolute Gasteiger partial charge is 2.00 e. The summed E-state index contributed by atoms with van der Waals surface area (Å²) in [5, 5.41) is 0. The van der Waals surface area contributed by atoms with E-state index in [0.29, 0.717) is 0 Å². The molecule has 0 aromatic heterocycles. The van der Waals surface area contributed by atoms with Gasteiger partial charge in [-0.3, -0.25) is 0 Å². The van der Waals surface area contributed by atoms with Gasteiger partial charge in [0.05, 0.1) is 0 Å². The second-order valence-electron chi connectivity index (χ2n) is 1.55. The molecule has 1 aromatic rings. The first-order valence-corrected chi connectivity index (χ1v) is 2.33. The Morgan fingerprint density at radius 1 is 0.889 bits per heavy atom. The van der Waals surface area contributed by atoms with Gasteiger partial charge in [0.1, 0.15) is 0 Å². The zero-order chi connectivity index (χ0) is 5.98. The number of hydrogen-bond acceptors (Lipinski definition) is 0. The normalized spacial score (nSPS) is 8.00. The van der Waals surface area contributed by atoms with E-state index in [0.717, 1.165) is 0 Å². The molecule has 0 radical (unpaired) electrons. The molecule has 0 unspecified atom stereocenters. The SMILES string of the molecule is [NH-]c1ccccc1[NH-].[Ni+2]. The molecule has 2 N–H and O–H groups in total. The summed E-state index contributed by atoms with van der Waals surface area (Å²) in [6, 6.07) is 6.70. The van der Waals surface area contributed by atoms with Crippen molar-refractivity contribution < 1.29 is 16.5 Å². The smallest absolute Gasteiger partial charge is 0.700 e. The van der Waals surface area contributed by atoms with Crippen molar-refractivity contribution in [3.8, 4) is 0 Å². The zero-order valence-electron chi connectivity index (χ0n) is 4.63. The van der Waals surface area contributed by atoms with Gasteiger partial charge in [-0.1, -0.05) is 24.3 Å². The molecule has 2 nitrogen and oxygen atoms in total. The summed E-state index contributed by atoms with van der Waals surface area (Å²) >= 11 is 0. The standard InChI is InChI=1S/C6H6N2.Ni/c7-5-3-1-2-4-6(5)8;/h1-4,7-8H;/q-2;+2. The summed E-state index contributed by atoms with van der Waals surface area (Å²) in [5.41, 5.74) is 14.6. The van der Waals surface area contributed by atoms with Gasteiger partial charge in [-0.05, 0) is 0 Å². The Balaban J connectivity index is 0.000000640. The average Bonchev–Trinajstić information content (AvgIpc) is 1.77. The molecule has 0 atom stereocenters. The van der Waals surface area contributed by atoms with Crippen LogP contribution in [0.2, 0.25) is 0 Å². The minimum atomic E-state index is 0. The Morgan fingerprint density at radius 3 is 1.44 bits per heavy atom. The second-order valence-corrected chi connectivity index (χ2v) is 1.55. The summed E-state index contributed by atoms with van der Waals surface area (Å²) in [7, 11) is 0. The van der Waals surface area contributed by atoms with Gasteiger partial charge < -0.3 is 11.5 Å². The molecule has 0 saturated heterocycles. The van der Waals surface area contributed by atoms with Gasteiger partial charge >= 0.3 is 16.5 Å². The fraction of sp³-hybridized carbons (Fsp3) is 0. The molecule has 0 aliphatic carbocycles. The summed E-state index contributed by atoms with van der Waals surface area (Å²) in [4.78, 5) is 0. The average molecular weight is 165 g/mol. The van der Waals surface area contributed by atoms with Crippen molar-refractivity contribution in [2.45, 2.75) is 0 Å². The van der Waals surface area contributed by atoms with Crippen LogP contribution in [0.5, 0.6) is 0 Å². The molecule has 0 heterocycles. The molecule has 3 heteroatoms. The van der Waals surface area contributed by atoms with Crippen LogP contribution in [0, 0.1) is 0 Å². The second kappa shape index (κ2) is 3.36. The van der Waals surface area contributed by atoms with Gasteiger partial charge in [0, 0.05) is 0 Å². The van der Waals surface area contributed by atoms with Crippen LogP contribution in [0.1, 0.15) is 0 Å². The number of benzene rings is 1. The molecule has 50 valence electrons. The first-order chi connectivity index (χ1) is 3.80. The van der Waals surface area contributed by atoms with Crippen molar-refractivity contribution in [2.24, 2.45) is 0 Å². The van der Waals surface area contributed by atoms with Gasteiger partial charge in [0.2, 0.25) is 0 Å². The topological polar surface area (TPSA) is 47.6 Å². The monoisotopic (exact) mass is 164 g/mol. The fourth-order valence-corrected chi connectivity index (χ4v) is 0.483. The third-order valence-electron chi connectivity index (χ3n) is 0.927. The summed E-state index contributed by atoms with van der Waals surface area (Å²) in [5.74, 6) is 0. The van der Waals surface area contributed by atoms with Crippen molar-refractivity contribution >= 4 is 11.4 Å². The Hall–Kier alpha value is -0.686. The predicted octanol–water partition coefficient (Wildman–Crippen LogP) is 3.05. The molecule has 0 bridgehead atoms. The van der Waals surface area contributed by atoms with Gasteiger partial charge in [-0.25, -0.2) is 0 Å². The van der Waals surface area contributed by atoms with Crippen LogP contribution in [-0.2, 0) is 16.5 Å². The van der Waals surface area contributed by atoms with Crippen LogP contribution >= 0.6 is 0 Å². The van der Waals surface area contributed by atoms with E-state index in [-0.39, 0.29) is 27.9 Å². The van der Waals surface area contributed by atoms with E-state index in [1.54, 1.807) is 24.3 Å². The van der Waals surface area contributed by atoms with Crippen LogP contribution in [0.15, 0.2) is 24.3 Å². The molecule has 0 amide bonds. The molecular weight excluding hydrogens is 159 g/mol. The Morgan fingerprint density at radius 2 is 1.22 bits per heavy atom. The van der Waals surface area contributed by atoms with E-state index in [9.17, 15) is 0 Å². The summed E-state index contributed by atoms with van der Waals surface area (Å²) in [6.45, 7) is 0. The van der Waals surface area contributed by atoms with Gasteiger partial charge in [0.15, 0.2) is 0 Å². The van der Waals surface area contributed by atoms with Crippen molar-refractivity contribution in [1.82, 2.24) is 0 Å². The van der Waals surface area contributed by atoms with E-state index in [1.807, 2.05) is 0 Å². The predicted molar refractivity (Wildman–Crippen MR) is 34.4 cm³/mol. The molecule has 0 saturated carbocycles. The van der Waals surface area contributed by atoms with Crippen LogP contribution in [0.3, 0.4) is 0 Å². The van der Waals surface area contributed by atoms with Gasteiger partial charge in [0.25, 0.3) is 0 Å². The first kappa shape index (κ1) is 8.31. The maximum Gasteiger partial charge on any atom is 2.00 e. The van der Waals surface area contributed by atoms with Crippen LogP contribution in [-0.4, -0.2) is 0 Å². The number of rotatable bonds is 0. The number of hydrogen-bond donors (Lipinski definition) is 0. The minimum Gasteiger partial charge on any atom is -0.700 e. The van der Waals surface area contributed by atoms with Crippen LogP contribution < -0.4 is 0 Å². The molecular formula is C6H6N2Ni. The summed E-state index contributed by atoms with van der Waals surface area (Å²) < 4.78 is 0. The van der Waals surface area contributed by atoms with E-state index in [2.05, 4.69) is 0 Å². The van der Waals surface area contributed by atoms with E-state index >= 15 is 0 Å². The van der Waals surface area contributed by atoms with Crippen LogP contribution in [0.25, 0.3) is 11.5 Å². The van der Waals surface area contributed by atoms with Crippen LogP contribution in [0.4, 0.5) is 11.4 Å². The van der Waals surface area contributed by atoms with E-state index in [1.165, 1.54) is 0 Å². The Kier molecular flexibility index (Phi) is 3.10. The zero-order valence-corrected chi connectivity index (χ0v) is 5.61. The number of nitrogens with one attached hydrogen (secondary N) is 2. The minimum absolute atomic E-state index is 0. The molecule has 0 fully saturated rings. The first-order valence-electron chi connectivity index (χ1n) is 2.33. The third-order valence-corrected chi connectivity index (χ3v) is 0.927. The Bertz CT molecular complexity index is 167. The molecule has 9 heavy (non-hydrogen) atoms.